The molecule has 0 aromatic carbocycles. The molecule has 2 fully saturated rings. The fraction of sp³-hybridized carbons (Fsp3) is 0.769. The molecule has 0 aliphatic heterocycles. The smallest absolute Gasteiger partial charge is 0.109 e. The SMILES string of the molecule is COCCn1nccc1C1(O)CC2CCC1C2. The van der Waals surface area contributed by atoms with Gasteiger partial charge in [0, 0.05) is 13.3 Å². The molecular formula is C13H20N2O2. The van der Waals surface area contributed by atoms with Gasteiger partial charge >= 0.3 is 0 Å². The lowest BCUT2D eigenvalue weighted by molar-refractivity contribution is -0.0268. The van der Waals surface area contributed by atoms with E-state index in [0.29, 0.717) is 12.5 Å². The van der Waals surface area contributed by atoms with Crippen molar-refractivity contribution in [3.63, 3.8) is 0 Å². The van der Waals surface area contributed by atoms with E-state index in [1.54, 1.807) is 13.3 Å². The maximum absolute atomic E-state index is 10.9. The summed E-state index contributed by atoms with van der Waals surface area (Å²) in [7, 11) is 1.69. The van der Waals surface area contributed by atoms with Gasteiger partial charge < -0.3 is 9.84 Å². The summed E-state index contributed by atoms with van der Waals surface area (Å²) >= 11 is 0. The predicted octanol–water partition coefficient (Wildman–Crippen LogP) is 1.54. The second kappa shape index (κ2) is 4.10. The molecule has 1 heterocycles. The fourth-order valence-corrected chi connectivity index (χ4v) is 3.67. The van der Waals surface area contributed by atoms with E-state index < -0.39 is 5.60 Å². The van der Waals surface area contributed by atoms with Gasteiger partial charge in [0.2, 0.25) is 0 Å². The second-order valence-electron chi connectivity index (χ2n) is 5.44. The van der Waals surface area contributed by atoms with E-state index in [-0.39, 0.29) is 0 Å². The first-order valence-corrected chi connectivity index (χ1v) is 6.47. The molecule has 0 amide bonds. The van der Waals surface area contributed by atoms with E-state index in [1.807, 2.05) is 10.7 Å². The third kappa shape index (κ3) is 1.70. The van der Waals surface area contributed by atoms with Crippen molar-refractivity contribution >= 4 is 0 Å². The zero-order valence-electron chi connectivity index (χ0n) is 10.3. The van der Waals surface area contributed by atoms with E-state index in [9.17, 15) is 5.11 Å². The average Bonchev–Trinajstić information content (AvgIpc) is 3.00. The van der Waals surface area contributed by atoms with E-state index >= 15 is 0 Å². The van der Waals surface area contributed by atoms with Gasteiger partial charge in [0.05, 0.1) is 18.8 Å². The molecule has 2 aliphatic carbocycles. The first kappa shape index (κ1) is 11.2. The lowest BCUT2D eigenvalue weighted by Gasteiger charge is -2.32. The topological polar surface area (TPSA) is 47.3 Å². The van der Waals surface area contributed by atoms with Crippen molar-refractivity contribution in [2.75, 3.05) is 13.7 Å². The van der Waals surface area contributed by atoms with Crippen LogP contribution in [-0.4, -0.2) is 28.6 Å². The van der Waals surface area contributed by atoms with Gasteiger partial charge in [0.15, 0.2) is 0 Å². The van der Waals surface area contributed by atoms with Crippen LogP contribution in [0.5, 0.6) is 0 Å². The highest BCUT2D eigenvalue weighted by Gasteiger charge is 2.52. The number of methoxy groups -OCH3 is 1. The summed E-state index contributed by atoms with van der Waals surface area (Å²) in [5.41, 5.74) is 0.356. The zero-order valence-corrected chi connectivity index (χ0v) is 10.3. The van der Waals surface area contributed by atoms with Crippen LogP contribution in [0.1, 0.15) is 31.4 Å². The van der Waals surface area contributed by atoms with Crippen LogP contribution in [0.15, 0.2) is 12.3 Å². The molecule has 17 heavy (non-hydrogen) atoms. The molecule has 1 N–H and O–H groups in total. The lowest BCUT2D eigenvalue weighted by atomic mass is 9.81. The van der Waals surface area contributed by atoms with Gasteiger partial charge in [0.1, 0.15) is 5.60 Å². The van der Waals surface area contributed by atoms with Crippen LogP contribution >= 0.6 is 0 Å². The molecule has 4 nitrogen and oxygen atoms in total. The Hall–Kier alpha value is -0.870. The van der Waals surface area contributed by atoms with E-state index in [4.69, 9.17) is 4.74 Å². The van der Waals surface area contributed by atoms with Crippen molar-refractivity contribution in [3.8, 4) is 0 Å². The Balaban J connectivity index is 1.86. The summed E-state index contributed by atoms with van der Waals surface area (Å²) in [6, 6.07) is 1.97. The van der Waals surface area contributed by atoms with Gasteiger partial charge in [-0.3, -0.25) is 4.68 Å². The summed E-state index contributed by atoms with van der Waals surface area (Å²) in [5, 5.41) is 15.2. The van der Waals surface area contributed by atoms with Crippen LogP contribution in [0.3, 0.4) is 0 Å². The summed E-state index contributed by atoms with van der Waals surface area (Å²) in [6.45, 7) is 1.36. The Labute approximate surface area is 102 Å². The normalized spacial score (nSPS) is 35.6. The predicted molar refractivity (Wildman–Crippen MR) is 63.4 cm³/mol. The Kier molecular flexibility index (Phi) is 2.71. The van der Waals surface area contributed by atoms with E-state index in [1.165, 1.54) is 12.8 Å². The standard InChI is InChI=1S/C13H20N2O2/c1-17-7-6-15-12(4-5-14-15)13(16)9-10-2-3-11(13)8-10/h4-5,10-11,16H,2-3,6-9H2,1H3. The molecule has 4 heteroatoms. The summed E-state index contributed by atoms with van der Waals surface area (Å²) in [6.07, 6.45) is 6.34. The molecular weight excluding hydrogens is 216 g/mol. The number of rotatable bonds is 4. The Morgan fingerprint density at radius 2 is 2.47 bits per heavy atom. The van der Waals surface area contributed by atoms with Crippen LogP contribution in [0.4, 0.5) is 0 Å². The van der Waals surface area contributed by atoms with Crippen molar-refractivity contribution < 1.29 is 9.84 Å². The minimum Gasteiger partial charge on any atom is -0.383 e. The highest BCUT2D eigenvalue weighted by molar-refractivity contribution is 5.18. The van der Waals surface area contributed by atoms with Crippen LogP contribution < -0.4 is 0 Å². The number of ether oxygens (including phenoxy) is 1. The van der Waals surface area contributed by atoms with Gasteiger partial charge in [-0.1, -0.05) is 0 Å². The number of nitrogens with zero attached hydrogens (tertiary/aromatic N) is 2. The molecule has 3 unspecified atom stereocenters. The Morgan fingerprint density at radius 3 is 3.12 bits per heavy atom. The summed E-state index contributed by atoms with van der Waals surface area (Å²) in [4.78, 5) is 0. The molecule has 1 aromatic heterocycles. The third-order valence-electron chi connectivity index (χ3n) is 4.48. The van der Waals surface area contributed by atoms with Crippen LogP contribution in [-0.2, 0) is 16.9 Å². The lowest BCUT2D eigenvalue weighted by Crippen LogP contribution is -2.35. The van der Waals surface area contributed by atoms with Gasteiger partial charge in [-0.15, -0.1) is 0 Å². The molecule has 3 atom stereocenters. The Bertz CT molecular complexity index is 404. The van der Waals surface area contributed by atoms with Crippen LogP contribution in [0, 0.1) is 11.8 Å². The van der Waals surface area contributed by atoms with Crippen molar-refractivity contribution in [2.45, 2.75) is 37.8 Å². The van der Waals surface area contributed by atoms with E-state index in [0.717, 1.165) is 31.0 Å². The van der Waals surface area contributed by atoms with Crippen molar-refractivity contribution in [1.29, 1.82) is 0 Å². The van der Waals surface area contributed by atoms with Gasteiger partial charge in [-0.05, 0) is 43.6 Å². The molecule has 2 bridgehead atoms. The molecule has 2 aliphatic rings. The van der Waals surface area contributed by atoms with Crippen molar-refractivity contribution in [3.05, 3.63) is 18.0 Å². The molecule has 3 rings (SSSR count). The highest BCUT2D eigenvalue weighted by Crippen LogP contribution is 2.55. The Morgan fingerprint density at radius 1 is 1.59 bits per heavy atom. The van der Waals surface area contributed by atoms with Gasteiger partial charge in [-0.2, -0.15) is 5.10 Å². The first-order chi connectivity index (χ1) is 8.24. The first-order valence-electron chi connectivity index (χ1n) is 6.47. The minimum absolute atomic E-state index is 0.436. The molecule has 0 saturated heterocycles. The zero-order chi connectivity index (χ0) is 11.9. The quantitative estimate of drug-likeness (QED) is 0.862. The maximum atomic E-state index is 10.9. The second-order valence-corrected chi connectivity index (χ2v) is 5.44. The van der Waals surface area contributed by atoms with Crippen LogP contribution in [0.2, 0.25) is 0 Å². The fourth-order valence-electron chi connectivity index (χ4n) is 3.67. The molecule has 94 valence electrons. The number of aliphatic hydroxyl groups is 1. The minimum atomic E-state index is -0.632. The average molecular weight is 236 g/mol. The van der Waals surface area contributed by atoms with Gasteiger partial charge in [0.25, 0.3) is 0 Å². The molecule has 1 aromatic rings. The highest BCUT2D eigenvalue weighted by atomic mass is 16.5. The van der Waals surface area contributed by atoms with Gasteiger partial charge in [-0.25, -0.2) is 0 Å². The molecule has 0 spiro atoms. The van der Waals surface area contributed by atoms with E-state index in [2.05, 4.69) is 5.10 Å². The number of hydrogen-bond acceptors (Lipinski definition) is 3. The summed E-state index contributed by atoms with van der Waals surface area (Å²) < 4.78 is 6.99. The van der Waals surface area contributed by atoms with Crippen molar-refractivity contribution in [1.82, 2.24) is 9.78 Å². The maximum Gasteiger partial charge on any atom is 0.109 e. The number of aromatic nitrogens is 2. The van der Waals surface area contributed by atoms with Crippen LogP contribution in [0.25, 0.3) is 0 Å². The summed E-state index contributed by atoms with van der Waals surface area (Å²) in [5.74, 6) is 1.15. The number of hydrogen-bond donors (Lipinski definition) is 1. The third-order valence-corrected chi connectivity index (χ3v) is 4.48. The van der Waals surface area contributed by atoms with Crippen molar-refractivity contribution in [2.24, 2.45) is 11.8 Å². The molecule has 0 radical (unpaired) electrons. The molecule has 2 saturated carbocycles. The number of fused-ring (bicyclic) bond motifs is 2. The largest absolute Gasteiger partial charge is 0.383 e. The monoisotopic (exact) mass is 236 g/mol.